The largest absolute Gasteiger partial charge is 0.398 e. The molecule has 1 saturated carbocycles. The molecule has 0 amide bonds. The third-order valence-electron chi connectivity index (χ3n) is 3.42. The Kier molecular flexibility index (Phi) is 3.77. The van der Waals surface area contributed by atoms with Crippen molar-refractivity contribution in [1.82, 2.24) is 0 Å². The van der Waals surface area contributed by atoms with Gasteiger partial charge in [-0.1, -0.05) is 19.3 Å². The van der Waals surface area contributed by atoms with Crippen LogP contribution in [0.2, 0.25) is 0 Å². The Labute approximate surface area is 108 Å². The average molecular weight is 269 g/mol. The van der Waals surface area contributed by atoms with Crippen LogP contribution in [-0.4, -0.2) is 15.0 Å². The SMILES string of the molecule is Nc1cc(NCCC2CCC2)ccc1S(N)(=O)=O. The van der Waals surface area contributed by atoms with Crippen molar-refractivity contribution in [2.75, 3.05) is 17.6 Å². The molecule has 1 aromatic carbocycles. The number of rotatable bonds is 5. The second-order valence-corrected chi connectivity index (χ2v) is 6.34. The van der Waals surface area contributed by atoms with Gasteiger partial charge >= 0.3 is 0 Å². The second-order valence-electron chi connectivity index (χ2n) is 4.81. The summed E-state index contributed by atoms with van der Waals surface area (Å²) in [4.78, 5) is -0.0213. The smallest absolute Gasteiger partial charge is 0.240 e. The summed E-state index contributed by atoms with van der Waals surface area (Å²) in [5.41, 5.74) is 6.70. The first-order valence-electron chi connectivity index (χ1n) is 6.13. The summed E-state index contributed by atoms with van der Waals surface area (Å²) in [6.45, 7) is 0.888. The molecular formula is C12H19N3O2S. The van der Waals surface area contributed by atoms with E-state index in [1.807, 2.05) is 0 Å². The Hall–Kier alpha value is -1.27. The molecule has 0 saturated heterocycles. The number of primary sulfonamides is 1. The van der Waals surface area contributed by atoms with Crippen LogP contribution in [0, 0.1) is 5.92 Å². The van der Waals surface area contributed by atoms with E-state index in [1.54, 1.807) is 12.1 Å². The van der Waals surface area contributed by atoms with Gasteiger partial charge in [0.25, 0.3) is 0 Å². The minimum atomic E-state index is -3.73. The van der Waals surface area contributed by atoms with Crippen molar-refractivity contribution in [2.24, 2.45) is 11.1 Å². The van der Waals surface area contributed by atoms with E-state index in [0.29, 0.717) is 0 Å². The van der Waals surface area contributed by atoms with Crippen LogP contribution in [0.1, 0.15) is 25.7 Å². The Bertz CT molecular complexity index is 524. The van der Waals surface area contributed by atoms with E-state index in [9.17, 15) is 8.42 Å². The predicted octanol–water partition coefficient (Wildman–Crippen LogP) is 1.52. The third kappa shape index (κ3) is 3.14. The van der Waals surface area contributed by atoms with Crippen molar-refractivity contribution in [3.05, 3.63) is 18.2 Å². The van der Waals surface area contributed by atoms with Gasteiger partial charge in [-0.05, 0) is 30.5 Å². The molecule has 1 aliphatic rings. The van der Waals surface area contributed by atoms with Gasteiger partial charge in [0.1, 0.15) is 4.90 Å². The third-order valence-corrected chi connectivity index (χ3v) is 4.41. The summed E-state index contributed by atoms with van der Waals surface area (Å²) in [5.74, 6) is 0.846. The lowest BCUT2D eigenvalue weighted by atomic mass is 9.83. The van der Waals surface area contributed by atoms with E-state index in [-0.39, 0.29) is 10.6 Å². The summed E-state index contributed by atoms with van der Waals surface area (Å²) in [6.07, 6.45) is 5.15. The fourth-order valence-electron chi connectivity index (χ4n) is 2.12. The Morgan fingerprint density at radius 2 is 2.06 bits per heavy atom. The quantitative estimate of drug-likeness (QED) is 0.706. The lowest BCUT2D eigenvalue weighted by molar-refractivity contribution is 0.303. The number of sulfonamides is 1. The van der Waals surface area contributed by atoms with E-state index < -0.39 is 10.0 Å². The van der Waals surface area contributed by atoms with Gasteiger partial charge in [0, 0.05) is 12.2 Å². The van der Waals surface area contributed by atoms with Crippen molar-refractivity contribution < 1.29 is 8.42 Å². The van der Waals surface area contributed by atoms with E-state index in [4.69, 9.17) is 10.9 Å². The van der Waals surface area contributed by atoms with Crippen LogP contribution in [-0.2, 0) is 10.0 Å². The summed E-state index contributed by atoms with van der Waals surface area (Å²) < 4.78 is 22.4. The molecule has 0 spiro atoms. The Morgan fingerprint density at radius 1 is 1.33 bits per heavy atom. The van der Waals surface area contributed by atoms with Crippen LogP contribution >= 0.6 is 0 Å². The van der Waals surface area contributed by atoms with Crippen LogP contribution in [0.3, 0.4) is 0 Å². The van der Waals surface area contributed by atoms with Gasteiger partial charge in [-0.15, -0.1) is 0 Å². The molecule has 5 N–H and O–H groups in total. The summed E-state index contributed by atoms with van der Waals surface area (Å²) in [5, 5.41) is 8.29. The maximum atomic E-state index is 11.2. The lowest BCUT2D eigenvalue weighted by Crippen LogP contribution is -2.16. The number of anilines is 2. The highest BCUT2D eigenvalue weighted by Gasteiger charge is 2.16. The van der Waals surface area contributed by atoms with Crippen LogP contribution in [0.25, 0.3) is 0 Å². The normalized spacial score (nSPS) is 16.3. The molecule has 0 atom stereocenters. The topological polar surface area (TPSA) is 98.2 Å². The van der Waals surface area contributed by atoms with E-state index in [0.717, 1.165) is 24.6 Å². The lowest BCUT2D eigenvalue weighted by Gasteiger charge is -2.25. The highest BCUT2D eigenvalue weighted by Crippen LogP contribution is 2.29. The number of benzene rings is 1. The van der Waals surface area contributed by atoms with E-state index >= 15 is 0 Å². The zero-order chi connectivity index (χ0) is 13.2. The second kappa shape index (κ2) is 5.16. The molecule has 0 unspecified atom stereocenters. The van der Waals surface area contributed by atoms with Crippen molar-refractivity contribution in [3.8, 4) is 0 Å². The standard InChI is InChI=1S/C12H19N3O2S/c13-11-8-10(4-5-12(11)18(14,16)17)15-7-6-9-2-1-3-9/h4-5,8-9,15H,1-3,6-7,13H2,(H2,14,16,17). The first-order valence-corrected chi connectivity index (χ1v) is 7.67. The van der Waals surface area contributed by atoms with Crippen LogP contribution in [0.15, 0.2) is 23.1 Å². The minimum absolute atomic E-state index is 0.0213. The predicted molar refractivity (Wildman–Crippen MR) is 72.7 cm³/mol. The number of nitrogens with one attached hydrogen (secondary N) is 1. The first kappa shape index (κ1) is 13.2. The summed E-state index contributed by atoms with van der Waals surface area (Å²) in [7, 11) is -3.73. The van der Waals surface area contributed by atoms with E-state index in [2.05, 4.69) is 5.32 Å². The van der Waals surface area contributed by atoms with Crippen LogP contribution in [0.4, 0.5) is 11.4 Å². The van der Waals surface area contributed by atoms with Crippen molar-refractivity contribution in [3.63, 3.8) is 0 Å². The van der Waals surface area contributed by atoms with Gasteiger partial charge in [-0.25, -0.2) is 13.6 Å². The fourth-order valence-corrected chi connectivity index (χ4v) is 2.76. The Balaban J connectivity index is 1.95. The van der Waals surface area contributed by atoms with Gasteiger partial charge in [-0.2, -0.15) is 0 Å². The molecular weight excluding hydrogens is 250 g/mol. The summed E-state index contributed by atoms with van der Waals surface area (Å²) in [6, 6.07) is 4.74. The zero-order valence-electron chi connectivity index (χ0n) is 10.2. The fraction of sp³-hybridized carbons (Fsp3) is 0.500. The molecule has 18 heavy (non-hydrogen) atoms. The highest BCUT2D eigenvalue weighted by atomic mass is 32.2. The molecule has 0 aromatic heterocycles. The molecule has 1 fully saturated rings. The van der Waals surface area contributed by atoms with Crippen molar-refractivity contribution in [2.45, 2.75) is 30.6 Å². The minimum Gasteiger partial charge on any atom is -0.398 e. The maximum Gasteiger partial charge on any atom is 0.240 e. The maximum absolute atomic E-state index is 11.2. The number of nitrogen functional groups attached to an aromatic ring is 1. The molecule has 1 aliphatic carbocycles. The molecule has 0 aliphatic heterocycles. The molecule has 5 nitrogen and oxygen atoms in total. The average Bonchev–Trinajstić information content (AvgIpc) is 2.20. The number of nitrogens with two attached hydrogens (primary N) is 2. The Morgan fingerprint density at radius 3 is 2.56 bits per heavy atom. The molecule has 100 valence electrons. The number of hydrogen-bond acceptors (Lipinski definition) is 4. The molecule has 2 rings (SSSR count). The van der Waals surface area contributed by atoms with E-state index in [1.165, 1.54) is 25.3 Å². The van der Waals surface area contributed by atoms with Gasteiger partial charge in [0.05, 0.1) is 5.69 Å². The van der Waals surface area contributed by atoms with Crippen LogP contribution in [0.5, 0.6) is 0 Å². The summed E-state index contributed by atoms with van der Waals surface area (Å²) >= 11 is 0. The van der Waals surface area contributed by atoms with Gasteiger partial charge in [-0.3, -0.25) is 0 Å². The van der Waals surface area contributed by atoms with Gasteiger partial charge < -0.3 is 11.1 Å². The molecule has 1 aromatic rings. The first-order chi connectivity index (χ1) is 8.47. The van der Waals surface area contributed by atoms with Crippen molar-refractivity contribution >= 4 is 21.4 Å². The zero-order valence-corrected chi connectivity index (χ0v) is 11.0. The monoisotopic (exact) mass is 269 g/mol. The number of hydrogen-bond donors (Lipinski definition) is 3. The van der Waals surface area contributed by atoms with Gasteiger partial charge in [0.15, 0.2) is 0 Å². The molecule has 0 radical (unpaired) electrons. The molecule has 0 bridgehead atoms. The highest BCUT2D eigenvalue weighted by molar-refractivity contribution is 7.89. The van der Waals surface area contributed by atoms with Crippen molar-refractivity contribution in [1.29, 1.82) is 0 Å². The molecule has 6 heteroatoms. The van der Waals surface area contributed by atoms with Gasteiger partial charge in [0.2, 0.25) is 10.0 Å². The molecule has 0 heterocycles. The van der Waals surface area contributed by atoms with Crippen LogP contribution < -0.4 is 16.2 Å².